The number of benzene rings is 1. The van der Waals surface area contributed by atoms with Crippen LogP contribution >= 0.6 is 23.4 Å². The predicted molar refractivity (Wildman–Crippen MR) is 92.3 cm³/mol. The highest BCUT2D eigenvalue weighted by Gasteiger charge is 2.10. The molecule has 2 nitrogen and oxygen atoms in total. The maximum atomic E-state index is 6.19. The van der Waals surface area contributed by atoms with Crippen molar-refractivity contribution in [2.75, 3.05) is 12.8 Å². The molecule has 1 heterocycles. The van der Waals surface area contributed by atoms with Crippen molar-refractivity contribution < 1.29 is 0 Å². The van der Waals surface area contributed by atoms with Gasteiger partial charge in [0.25, 0.3) is 0 Å². The van der Waals surface area contributed by atoms with E-state index in [0.717, 1.165) is 34.2 Å². The van der Waals surface area contributed by atoms with Gasteiger partial charge in [0, 0.05) is 35.0 Å². The van der Waals surface area contributed by atoms with Gasteiger partial charge in [0.2, 0.25) is 0 Å². The Labute approximate surface area is 136 Å². The highest BCUT2D eigenvalue weighted by molar-refractivity contribution is 7.99. The first-order chi connectivity index (χ1) is 10.2. The number of thioether (sulfide) groups is 1. The minimum absolute atomic E-state index is 0.381. The molecule has 0 radical (unpaired) electrons. The average Bonchev–Trinajstić information content (AvgIpc) is 2.53. The monoisotopic (exact) mass is 320 g/mol. The van der Waals surface area contributed by atoms with E-state index in [1.807, 2.05) is 31.4 Å². The number of rotatable bonds is 7. The van der Waals surface area contributed by atoms with Crippen LogP contribution < -0.4 is 5.32 Å². The summed E-state index contributed by atoms with van der Waals surface area (Å²) in [5.41, 5.74) is 2.41. The van der Waals surface area contributed by atoms with Crippen LogP contribution in [0.5, 0.6) is 0 Å². The molecule has 2 aromatic rings. The molecule has 2 rings (SSSR count). The molecule has 112 valence electrons. The number of nitrogens with zero attached hydrogens (tertiary/aromatic N) is 1. The molecule has 1 aromatic carbocycles. The first-order valence-electron chi connectivity index (χ1n) is 7.21. The second-order valence-corrected chi connectivity index (χ2v) is 6.41. The Morgan fingerprint density at radius 1 is 1.24 bits per heavy atom. The minimum atomic E-state index is 0.381. The maximum absolute atomic E-state index is 6.19. The first-order valence-corrected chi connectivity index (χ1v) is 8.57. The highest BCUT2D eigenvalue weighted by atomic mass is 35.5. The summed E-state index contributed by atoms with van der Waals surface area (Å²) in [6.07, 6.45) is 3.94. The van der Waals surface area contributed by atoms with Gasteiger partial charge in [0.1, 0.15) is 0 Å². The number of likely N-dealkylation sites (N-methyl/N-ethyl adjacent to an activating group) is 1. The van der Waals surface area contributed by atoms with Gasteiger partial charge in [0.05, 0.1) is 5.02 Å². The molecule has 0 aliphatic rings. The number of hydrogen-bond acceptors (Lipinski definition) is 3. The molecular formula is C17H21ClN2S. The Morgan fingerprint density at radius 3 is 2.67 bits per heavy atom. The zero-order valence-corrected chi connectivity index (χ0v) is 14.0. The molecule has 0 amide bonds. The summed E-state index contributed by atoms with van der Waals surface area (Å²) in [4.78, 5) is 5.67. The van der Waals surface area contributed by atoms with Crippen molar-refractivity contribution in [2.45, 2.75) is 30.7 Å². The van der Waals surface area contributed by atoms with Crippen molar-refractivity contribution in [3.63, 3.8) is 0 Å². The van der Waals surface area contributed by atoms with Gasteiger partial charge in [-0.2, -0.15) is 0 Å². The Hall–Kier alpha value is -1.03. The van der Waals surface area contributed by atoms with E-state index in [1.165, 1.54) is 5.56 Å². The van der Waals surface area contributed by atoms with Crippen LogP contribution in [0.15, 0.2) is 47.5 Å². The molecule has 1 atom stereocenters. The summed E-state index contributed by atoms with van der Waals surface area (Å²) < 4.78 is 0. The number of pyridine rings is 1. The SMILES string of the molecule is CCc1ccc(CC(CSc2ccccc2Cl)NC)nc1. The van der Waals surface area contributed by atoms with Gasteiger partial charge in [0.15, 0.2) is 0 Å². The van der Waals surface area contributed by atoms with Gasteiger partial charge in [-0.3, -0.25) is 4.98 Å². The maximum Gasteiger partial charge on any atom is 0.0541 e. The average molecular weight is 321 g/mol. The summed E-state index contributed by atoms with van der Waals surface area (Å²) in [5, 5.41) is 4.19. The number of aromatic nitrogens is 1. The summed E-state index contributed by atoms with van der Waals surface area (Å²) in [7, 11) is 2.00. The van der Waals surface area contributed by atoms with Crippen LogP contribution in [0.25, 0.3) is 0 Å². The van der Waals surface area contributed by atoms with Gasteiger partial charge >= 0.3 is 0 Å². The fraction of sp³-hybridized carbons (Fsp3) is 0.353. The fourth-order valence-corrected chi connectivity index (χ4v) is 3.38. The Bertz CT molecular complexity index is 557. The summed E-state index contributed by atoms with van der Waals surface area (Å²) in [5.74, 6) is 0.970. The molecule has 1 N–H and O–H groups in total. The van der Waals surface area contributed by atoms with E-state index >= 15 is 0 Å². The molecule has 1 unspecified atom stereocenters. The first kappa shape index (κ1) is 16.3. The molecule has 0 saturated carbocycles. The summed E-state index contributed by atoms with van der Waals surface area (Å²) in [6, 6.07) is 12.7. The molecule has 0 bridgehead atoms. The van der Waals surface area contributed by atoms with Crippen LogP contribution in [0.4, 0.5) is 0 Å². The molecular weight excluding hydrogens is 300 g/mol. The number of nitrogens with one attached hydrogen (secondary N) is 1. The van der Waals surface area contributed by atoms with Crippen LogP contribution in [0, 0.1) is 0 Å². The molecule has 1 aromatic heterocycles. The predicted octanol–water partition coefficient (Wildman–Crippen LogP) is 4.22. The van der Waals surface area contributed by atoms with Crippen LogP contribution in [0.3, 0.4) is 0 Å². The van der Waals surface area contributed by atoms with E-state index in [9.17, 15) is 0 Å². The highest BCUT2D eigenvalue weighted by Crippen LogP contribution is 2.27. The molecule has 4 heteroatoms. The summed E-state index contributed by atoms with van der Waals surface area (Å²) in [6.45, 7) is 2.15. The third-order valence-electron chi connectivity index (χ3n) is 3.43. The van der Waals surface area contributed by atoms with Crippen molar-refractivity contribution in [2.24, 2.45) is 0 Å². The lowest BCUT2D eigenvalue weighted by molar-refractivity contribution is 0.609. The lowest BCUT2D eigenvalue weighted by atomic mass is 10.1. The second kappa shape index (κ2) is 8.42. The van der Waals surface area contributed by atoms with Gasteiger partial charge in [-0.1, -0.05) is 36.7 Å². The van der Waals surface area contributed by atoms with Gasteiger partial charge in [-0.15, -0.1) is 11.8 Å². The van der Waals surface area contributed by atoms with Crippen LogP contribution in [-0.4, -0.2) is 23.8 Å². The number of aryl methyl sites for hydroxylation is 1. The molecule has 0 aliphatic carbocycles. The summed E-state index contributed by atoms with van der Waals surface area (Å²) >= 11 is 7.98. The third kappa shape index (κ3) is 5.03. The second-order valence-electron chi connectivity index (χ2n) is 4.94. The smallest absolute Gasteiger partial charge is 0.0541 e. The zero-order chi connectivity index (χ0) is 15.1. The van der Waals surface area contributed by atoms with Gasteiger partial charge < -0.3 is 5.32 Å². The molecule has 0 spiro atoms. The normalized spacial score (nSPS) is 12.3. The zero-order valence-electron chi connectivity index (χ0n) is 12.5. The Kier molecular flexibility index (Phi) is 6.55. The number of halogens is 1. The Morgan fingerprint density at radius 2 is 2.05 bits per heavy atom. The number of hydrogen-bond donors (Lipinski definition) is 1. The van der Waals surface area contributed by atoms with Crippen molar-refractivity contribution >= 4 is 23.4 Å². The van der Waals surface area contributed by atoms with E-state index in [2.05, 4.69) is 35.4 Å². The fourth-order valence-electron chi connectivity index (χ4n) is 2.03. The Balaban J connectivity index is 1.92. The molecule has 0 saturated heterocycles. The van der Waals surface area contributed by atoms with Crippen LogP contribution in [0.1, 0.15) is 18.2 Å². The van der Waals surface area contributed by atoms with Crippen molar-refractivity contribution in [1.29, 1.82) is 0 Å². The third-order valence-corrected chi connectivity index (χ3v) is 5.11. The van der Waals surface area contributed by atoms with Crippen molar-refractivity contribution in [3.8, 4) is 0 Å². The molecule has 0 fully saturated rings. The largest absolute Gasteiger partial charge is 0.316 e. The lowest BCUT2D eigenvalue weighted by Crippen LogP contribution is -2.30. The van der Waals surface area contributed by atoms with Crippen LogP contribution in [-0.2, 0) is 12.8 Å². The van der Waals surface area contributed by atoms with Crippen molar-refractivity contribution in [3.05, 3.63) is 58.9 Å². The lowest BCUT2D eigenvalue weighted by Gasteiger charge is -2.16. The van der Waals surface area contributed by atoms with Gasteiger partial charge in [-0.05, 0) is 37.2 Å². The van der Waals surface area contributed by atoms with E-state index in [-0.39, 0.29) is 0 Å². The molecule has 0 aliphatic heterocycles. The van der Waals surface area contributed by atoms with Crippen LogP contribution in [0.2, 0.25) is 5.02 Å². The van der Waals surface area contributed by atoms with Gasteiger partial charge in [-0.25, -0.2) is 0 Å². The van der Waals surface area contributed by atoms with E-state index in [0.29, 0.717) is 6.04 Å². The minimum Gasteiger partial charge on any atom is -0.316 e. The van der Waals surface area contributed by atoms with E-state index in [1.54, 1.807) is 11.8 Å². The standard InChI is InChI=1S/C17H21ClN2S/c1-3-13-8-9-14(20-11-13)10-15(19-2)12-21-17-7-5-4-6-16(17)18/h4-9,11,15,19H,3,10,12H2,1-2H3. The van der Waals surface area contributed by atoms with Crippen molar-refractivity contribution in [1.82, 2.24) is 10.3 Å². The van der Waals surface area contributed by atoms with E-state index < -0.39 is 0 Å². The quantitative estimate of drug-likeness (QED) is 0.773. The topological polar surface area (TPSA) is 24.9 Å². The molecule has 21 heavy (non-hydrogen) atoms. The van der Waals surface area contributed by atoms with E-state index in [4.69, 9.17) is 11.6 Å².